The number of rotatable bonds is 3. The number of hydrogen-bond donors (Lipinski definition) is 0. The molecule has 3 heteroatoms. The lowest BCUT2D eigenvalue weighted by atomic mass is 9.94. The highest BCUT2D eigenvalue weighted by Crippen LogP contribution is 2.37. The fourth-order valence-corrected chi connectivity index (χ4v) is 5.82. The average molecular weight is 510 g/mol. The zero-order valence-electron chi connectivity index (χ0n) is 21.6. The Kier molecular flexibility index (Phi) is 5.14. The van der Waals surface area contributed by atoms with Crippen molar-refractivity contribution in [3.8, 4) is 34.2 Å². The van der Waals surface area contributed by atoms with E-state index in [1.54, 1.807) is 0 Å². The predicted molar refractivity (Wildman–Crippen MR) is 166 cm³/mol. The summed E-state index contributed by atoms with van der Waals surface area (Å²) in [5, 5.41) is 9.49. The molecule has 3 nitrogen and oxygen atoms in total. The Morgan fingerprint density at radius 1 is 0.300 bits per heavy atom. The summed E-state index contributed by atoms with van der Waals surface area (Å²) in [4.78, 5) is 15.2. The Hall–Kier alpha value is -5.41. The van der Waals surface area contributed by atoms with E-state index in [1.165, 1.54) is 21.5 Å². The normalized spacial score (nSPS) is 11.5. The van der Waals surface area contributed by atoms with Gasteiger partial charge in [-0.05, 0) is 37.7 Å². The molecule has 0 radical (unpaired) electrons. The molecular weight excluding hydrogens is 486 g/mol. The van der Waals surface area contributed by atoms with Gasteiger partial charge in [-0.3, -0.25) is 0 Å². The smallest absolute Gasteiger partial charge is 0.164 e. The number of hydrogen-bond acceptors (Lipinski definition) is 3. The number of nitrogens with zero attached hydrogens (tertiary/aromatic N) is 3. The van der Waals surface area contributed by atoms with E-state index in [-0.39, 0.29) is 0 Å². The highest BCUT2D eigenvalue weighted by Gasteiger charge is 2.17. The summed E-state index contributed by atoms with van der Waals surface area (Å²) in [6.07, 6.45) is 0. The zero-order valence-corrected chi connectivity index (χ0v) is 21.6. The second kappa shape index (κ2) is 9.11. The summed E-state index contributed by atoms with van der Waals surface area (Å²) >= 11 is 0. The van der Waals surface area contributed by atoms with Crippen molar-refractivity contribution in [2.24, 2.45) is 0 Å². The number of aromatic nitrogens is 3. The molecular formula is C37H23N3. The lowest BCUT2D eigenvalue weighted by molar-refractivity contribution is 1.08. The molecule has 0 atom stereocenters. The van der Waals surface area contributed by atoms with Crippen LogP contribution in [0.1, 0.15) is 0 Å². The van der Waals surface area contributed by atoms with Crippen molar-refractivity contribution < 1.29 is 0 Å². The minimum atomic E-state index is 0.663. The first-order chi connectivity index (χ1) is 19.8. The van der Waals surface area contributed by atoms with Crippen LogP contribution in [0.2, 0.25) is 0 Å². The van der Waals surface area contributed by atoms with Crippen LogP contribution in [-0.2, 0) is 0 Å². The zero-order chi connectivity index (χ0) is 26.5. The molecule has 1 aromatic heterocycles. The molecule has 0 saturated heterocycles. The van der Waals surface area contributed by atoms with Crippen LogP contribution >= 0.6 is 0 Å². The van der Waals surface area contributed by atoms with Crippen molar-refractivity contribution in [1.82, 2.24) is 15.0 Å². The van der Waals surface area contributed by atoms with Crippen LogP contribution in [0.25, 0.3) is 77.3 Å². The van der Waals surface area contributed by atoms with Gasteiger partial charge in [-0.15, -0.1) is 0 Å². The molecule has 8 aromatic rings. The third kappa shape index (κ3) is 3.63. The largest absolute Gasteiger partial charge is 0.208 e. The summed E-state index contributed by atoms with van der Waals surface area (Å²) in [6, 6.07) is 48.6. The van der Waals surface area contributed by atoms with Crippen molar-refractivity contribution in [3.05, 3.63) is 140 Å². The minimum absolute atomic E-state index is 0.663. The van der Waals surface area contributed by atoms with E-state index in [0.717, 1.165) is 38.2 Å². The van der Waals surface area contributed by atoms with Crippen molar-refractivity contribution >= 4 is 43.1 Å². The molecule has 0 aliphatic heterocycles. The average Bonchev–Trinajstić information content (AvgIpc) is 3.04. The second-order valence-corrected chi connectivity index (χ2v) is 10.1. The third-order valence-electron chi connectivity index (χ3n) is 7.71. The lowest BCUT2D eigenvalue weighted by Gasteiger charge is -2.13. The van der Waals surface area contributed by atoms with Crippen molar-refractivity contribution in [2.45, 2.75) is 0 Å². The molecule has 0 N–H and O–H groups in total. The van der Waals surface area contributed by atoms with Crippen LogP contribution in [0, 0.1) is 0 Å². The van der Waals surface area contributed by atoms with E-state index in [2.05, 4.69) is 121 Å². The Labute approximate surface area is 231 Å². The van der Waals surface area contributed by atoms with Gasteiger partial charge in [-0.1, -0.05) is 140 Å². The van der Waals surface area contributed by atoms with Gasteiger partial charge in [0.2, 0.25) is 0 Å². The molecule has 40 heavy (non-hydrogen) atoms. The Morgan fingerprint density at radius 3 is 1.68 bits per heavy atom. The number of fused-ring (bicyclic) bond motifs is 6. The molecule has 0 unspecified atom stereocenters. The van der Waals surface area contributed by atoms with Gasteiger partial charge in [-0.25, -0.2) is 15.0 Å². The maximum absolute atomic E-state index is 5.15. The summed E-state index contributed by atoms with van der Waals surface area (Å²) < 4.78 is 0. The van der Waals surface area contributed by atoms with Crippen LogP contribution in [-0.4, -0.2) is 15.0 Å². The van der Waals surface area contributed by atoms with Gasteiger partial charge >= 0.3 is 0 Å². The summed E-state index contributed by atoms with van der Waals surface area (Å²) in [5.74, 6) is 2.00. The van der Waals surface area contributed by atoms with E-state index < -0.39 is 0 Å². The molecule has 186 valence electrons. The summed E-state index contributed by atoms with van der Waals surface area (Å²) in [7, 11) is 0. The van der Waals surface area contributed by atoms with E-state index in [0.29, 0.717) is 17.5 Å². The fourth-order valence-electron chi connectivity index (χ4n) is 5.82. The first kappa shape index (κ1) is 22.6. The molecule has 0 bridgehead atoms. The maximum Gasteiger partial charge on any atom is 0.164 e. The molecule has 0 aliphatic carbocycles. The van der Waals surface area contributed by atoms with E-state index in [1.807, 2.05) is 18.2 Å². The van der Waals surface area contributed by atoms with Crippen molar-refractivity contribution in [3.63, 3.8) is 0 Å². The van der Waals surface area contributed by atoms with Crippen LogP contribution in [0.5, 0.6) is 0 Å². The highest BCUT2D eigenvalue weighted by molar-refractivity contribution is 6.20. The molecule has 8 rings (SSSR count). The van der Waals surface area contributed by atoms with Gasteiger partial charge in [0.25, 0.3) is 0 Å². The Morgan fingerprint density at radius 2 is 0.850 bits per heavy atom. The summed E-state index contributed by atoms with van der Waals surface area (Å²) in [6.45, 7) is 0. The van der Waals surface area contributed by atoms with Crippen molar-refractivity contribution in [2.75, 3.05) is 0 Å². The molecule has 0 saturated carbocycles. The first-order valence-electron chi connectivity index (χ1n) is 13.5. The van der Waals surface area contributed by atoms with E-state index >= 15 is 0 Å². The standard InChI is InChI=1S/C37H23N3/c1-2-12-27(13-3-1)35-38-36(32-18-8-14-24-10-4-7-17-29(24)32)40-37(39-35)33-19-9-15-26-21-22-30-28-16-6-5-11-25(28)20-23-31(30)34(26)33/h1-23H. The third-order valence-corrected chi connectivity index (χ3v) is 7.71. The quantitative estimate of drug-likeness (QED) is 0.223. The Balaban J connectivity index is 1.46. The molecule has 0 spiro atoms. The van der Waals surface area contributed by atoms with Gasteiger partial charge in [0.1, 0.15) is 0 Å². The topological polar surface area (TPSA) is 38.7 Å². The Bertz CT molecular complexity index is 2210. The molecule has 0 amide bonds. The van der Waals surface area contributed by atoms with Gasteiger partial charge in [0, 0.05) is 22.1 Å². The van der Waals surface area contributed by atoms with Gasteiger partial charge in [-0.2, -0.15) is 0 Å². The van der Waals surface area contributed by atoms with Crippen LogP contribution < -0.4 is 0 Å². The SMILES string of the molecule is c1ccc(-c2nc(-c3cccc4ccccc34)nc(-c3cccc4ccc5c6ccccc6ccc5c34)n2)cc1. The molecule has 0 aliphatic rings. The first-order valence-corrected chi connectivity index (χ1v) is 13.5. The van der Waals surface area contributed by atoms with Crippen LogP contribution in [0.4, 0.5) is 0 Å². The van der Waals surface area contributed by atoms with E-state index in [4.69, 9.17) is 15.0 Å². The van der Waals surface area contributed by atoms with Gasteiger partial charge in [0.15, 0.2) is 17.5 Å². The monoisotopic (exact) mass is 509 g/mol. The van der Waals surface area contributed by atoms with Crippen LogP contribution in [0.15, 0.2) is 140 Å². The second-order valence-electron chi connectivity index (χ2n) is 10.1. The lowest BCUT2D eigenvalue weighted by Crippen LogP contribution is -2.01. The van der Waals surface area contributed by atoms with Gasteiger partial charge < -0.3 is 0 Å². The number of benzene rings is 7. The van der Waals surface area contributed by atoms with Crippen LogP contribution in [0.3, 0.4) is 0 Å². The van der Waals surface area contributed by atoms with Gasteiger partial charge in [0.05, 0.1) is 0 Å². The van der Waals surface area contributed by atoms with E-state index in [9.17, 15) is 0 Å². The molecule has 7 aromatic carbocycles. The maximum atomic E-state index is 5.15. The predicted octanol–water partition coefficient (Wildman–Crippen LogP) is 9.49. The molecule has 1 heterocycles. The molecule has 0 fully saturated rings. The minimum Gasteiger partial charge on any atom is -0.208 e. The summed E-state index contributed by atoms with van der Waals surface area (Å²) in [5.41, 5.74) is 2.96. The highest BCUT2D eigenvalue weighted by atomic mass is 15.0. The van der Waals surface area contributed by atoms with Crippen molar-refractivity contribution in [1.29, 1.82) is 0 Å². The fraction of sp³-hybridized carbons (Fsp3) is 0.